The molecule has 0 N–H and O–H groups in total. The van der Waals surface area contributed by atoms with Gasteiger partial charge in [0.05, 0.1) is 27.7 Å². The molecule has 0 spiro atoms. The number of halogens is 2. The second-order valence-corrected chi connectivity index (χ2v) is 9.29. The summed E-state index contributed by atoms with van der Waals surface area (Å²) in [6.45, 7) is 3.97. The summed E-state index contributed by atoms with van der Waals surface area (Å²) in [6, 6.07) is 17.0. The second-order valence-electron chi connectivity index (χ2n) is 8.28. The highest BCUT2D eigenvalue weighted by molar-refractivity contribution is 7.22. The van der Waals surface area contributed by atoms with E-state index in [1.54, 1.807) is 4.90 Å². The molecule has 0 fully saturated rings. The summed E-state index contributed by atoms with van der Waals surface area (Å²) in [6.07, 6.45) is 1.70. The molecule has 0 unspecified atom stereocenters. The van der Waals surface area contributed by atoms with Crippen molar-refractivity contribution in [2.75, 3.05) is 4.90 Å². The van der Waals surface area contributed by atoms with E-state index >= 15 is 0 Å². The molecule has 8 heteroatoms. The molecule has 0 aliphatic carbocycles. The highest BCUT2D eigenvalue weighted by Gasteiger charge is 2.23. The van der Waals surface area contributed by atoms with Crippen molar-refractivity contribution in [1.82, 2.24) is 9.97 Å². The number of carbonyl (C=O) groups excluding carboxylic acids is 1. The minimum Gasteiger partial charge on any atom is -0.441 e. The van der Waals surface area contributed by atoms with Gasteiger partial charge in [-0.2, -0.15) is 0 Å². The van der Waals surface area contributed by atoms with Gasteiger partial charge in [0, 0.05) is 18.9 Å². The summed E-state index contributed by atoms with van der Waals surface area (Å²) in [5, 5.41) is 0.586. The third-order valence-electron chi connectivity index (χ3n) is 5.49. The highest BCUT2D eigenvalue weighted by Crippen LogP contribution is 2.35. The van der Waals surface area contributed by atoms with Gasteiger partial charge in [-0.15, -0.1) is 0 Å². The lowest BCUT2D eigenvalue weighted by atomic mass is 10.1. The van der Waals surface area contributed by atoms with Crippen LogP contribution in [0.1, 0.15) is 23.4 Å². The molecule has 1 amide bonds. The van der Waals surface area contributed by atoms with Crippen molar-refractivity contribution in [1.29, 1.82) is 0 Å². The molecule has 5 nitrogen and oxygen atoms in total. The fourth-order valence-corrected chi connectivity index (χ4v) is 4.97. The first-order chi connectivity index (χ1) is 16.9. The summed E-state index contributed by atoms with van der Waals surface area (Å²) >= 11 is 1.45. The number of hydrogen-bond acceptors (Lipinski definition) is 5. The summed E-state index contributed by atoms with van der Waals surface area (Å²) in [5.41, 5.74) is 3.76. The predicted octanol–water partition coefficient (Wildman–Crippen LogP) is 7.14. The zero-order chi connectivity index (χ0) is 24.5. The zero-order valence-corrected chi connectivity index (χ0v) is 19.9. The Hall–Kier alpha value is -3.91. The Labute approximate surface area is 204 Å². The van der Waals surface area contributed by atoms with Crippen molar-refractivity contribution in [3.05, 3.63) is 95.5 Å². The first-order valence-corrected chi connectivity index (χ1v) is 11.9. The standard InChI is InChI=1S/C27H21F2N3O2S/c1-16-11-17(2)13-19(12-16)32(27-31-22-5-3-4-6-24(22)35-27)26(33)10-9-25-30-15-23(34-25)20-8-7-18(28)14-21(20)29/h3-8,11-15H,9-10H2,1-2H3. The fourth-order valence-electron chi connectivity index (χ4n) is 3.96. The average Bonchev–Trinajstić information content (AvgIpc) is 3.44. The van der Waals surface area contributed by atoms with Crippen LogP contribution in [0, 0.1) is 25.5 Å². The molecule has 2 heterocycles. The number of rotatable bonds is 6. The Morgan fingerprint density at radius 2 is 1.80 bits per heavy atom. The van der Waals surface area contributed by atoms with E-state index in [0.29, 0.717) is 11.0 Å². The lowest BCUT2D eigenvalue weighted by molar-refractivity contribution is -0.117. The SMILES string of the molecule is Cc1cc(C)cc(N(C(=O)CCc2ncc(-c3ccc(F)cc3F)o2)c2nc3ccccc3s2)c1. The van der Waals surface area contributed by atoms with E-state index in [1.807, 2.05) is 56.3 Å². The van der Waals surface area contributed by atoms with Gasteiger partial charge in [0.25, 0.3) is 0 Å². The molecule has 176 valence electrons. The topological polar surface area (TPSA) is 59.2 Å². The van der Waals surface area contributed by atoms with Crippen LogP contribution in [0.25, 0.3) is 21.5 Å². The van der Waals surface area contributed by atoms with Crippen molar-refractivity contribution < 1.29 is 18.0 Å². The number of anilines is 2. The minimum atomic E-state index is -0.736. The summed E-state index contributed by atoms with van der Waals surface area (Å²) in [5.74, 6) is -1.09. The molecule has 0 aliphatic heterocycles. The molecule has 5 aromatic rings. The van der Waals surface area contributed by atoms with Gasteiger partial charge in [0.15, 0.2) is 16.8 Å². The van der Waals surface area contributed by atoms with Crippen LogP contribution in [0.2, 0.25) is 0 Å². The quantitative estimate of drug-likeness (QED) is 0.254. The fraction of sp³-hybridized carbons (Fsp3) is 0.148. The Kier molecular flexibility index (Phi) is 6.13. The van der Waals surface area contributed by atoms with Crippen LogP contribution in [0.5, 0.6) is 0 Å². The molecule has 0 saturated heterocycles. The lowest BCUT2D eigenvalue weighted by Crippen LogP contribution is -2.26. The van der Waals surface area contributed by atoms with Crippen molar-refractivity contribution in [2.45, 2.75) is 26.7 Å². The first-order valence-electron chi connectivity index (χ1n) is 11.0. The van der Waals surface area contributed by atoms with Crippen LogP contribution in [0.4, 0.5) is 19.6 Å². The Balaban J connectivity index is 1.42. The molecule has 3 aromatic carbocycles. The van der Waals surface area contributed by atoms with Gasteiger partial charge in [-0.1, -0.05) is 29.5 Å². The molecule has 0 aliphatic rings. The normalized spacial score (nSPS) is 11.2. The monoisotopic (exact) mass is 489 g/mol. The number of aryl methyl sites for hydroxylation is 3. The number of oxazole rings is 1. The Bertz CT molecular complexity index is 1490. The van der Waals surface area contributed by atoms with Gasteiger partial charge in [-0.25, -0.2) is 18.7 Å². The number of carbonyl (C=O) groups is 1. The first kappa shape index (κ1) is 22.9. The van der Waals surface area contributed by atoms with E-state index in [4.69, 9.17) is 9.40 Å². The van der Waals surface area contributed by atoms with Gasteiger partial charge in [0.1, 0.15) is 11.6 Å². The van der Waals surface area contributed by atoms with Gasteiger partial charge in [-0.05, 0) is 61.4 Å². The van der Waals surface area contributed by atoms with E-state index in [0.717, 1.165) is 39.2 Å². The second kappa shape index (κ2) is 9.38. The van der Waals surface area contributed by atoms with Crippen molar-refractivity contribution in [3.63, 3.8) is 0 Å². The number of para-hydroxylation sites is 1. The van der Waals surface area contributed by atoms with E-state index in [-0.39, 0.29) is 30.1 Å². The Morgan fingerprint density at radius 1 is 1.03 bits per heavy atom. The molecular weight excluding hydrogens is 468 g/mol. The van der Waals surface area contributed by atoms with Crippen LogP contribution in [0.15, 0.2) is 71.3 Å². The number of nitrogens with zero attached hydrogens (tertiary/aromatic N) is 3. The largest absolute Gasteiger partial charge is 0.441 e. The predicted molar refractivity (Wildman–Crippen MR) is 133 cm³/mol. The lowest BCUT2D eigenvalue weighted by Gasteiger charge is -2.21. The third kappa shape index (κ3) is 4.83. The maximum absolute atomic E-state index is 14.1. The summed E-state index contributed by atoms with van der Waals surface area (Å²) in [4.78, 5) is 24.0. The molecule has 2 aromatic heterocycles. The van der Waals surface area contributed by atoms with Gasteiger partial charge >= 0.3 is 0 Å². The minimum absolute atomic E-state index is 0.106. The maximum Gasteiger partial charge on any atom is 0.233 e. The molecule has 0 atom stereocenters. The Morgan fingerprint density at radius 3 is 2.54 bits per heavy atom. The summed E-state index contributed by atoms with van der Waals surface area (Å²) < 4.78 is 34.0. The van der Waals surface area contributed by atoms with Crippen molar-refractivity contribution >= 4 is 38.3 Å². The number of aromatic nitrogens is 2. The van der Waals surface area contributed by atoms with Crippen molar-refractivity contribution in [3.8, 4) is 11.3 Å². The summed E-state index contributed by atoms with van der Waals surface area (Å²) in [7, 11) is 0. The molecular formula is C27H21F2N3O2S. The number of benzene rings is 3. The van der Waals surface area contributed by atoms with Crippen LogP contribution in [0.3, 0.4) is 0 Å². The van der Waals surface area contributed by atoms with E-state index in [2.05, 4.69) is 4.98 Å². The number of hydrogen-bond donors (Lipinski definition) is 0. The molecule has 0 saturated carbocycles. The number of fused-ring (bicyclic) bond motifs is 1. The molecule has 0 radical (unpaired) electrons. The zero-order valence-electron chi connectivity index (χ0n) is 19.1. The van der Waals surface area contributed by atoms with Crippen LogP contribution < -0.4 is 4.90 Å². The van der Waals surface area contributed by atoms with Crippen LogP contribution in [-0.4, -0.2) is 15.9 Å². The smallest absolute Gasteiger partial charge is 0.233 e. The van der Waals surface area contributed by atoms with Crippen LogP contribution >= 0.6 is 11.3 Å². The molecule has 35 heavy (non-hydrogen) atoms. The number of amides is 1. The van der Waals surface area contributed by atoms with E-state index in [9.17, 15) is 13.6 Å². The van der Waals surface area contributed by atoms with Gasteiger partial charge in [-0.3, -0.25) is 9.69 Å². The van der Waals surface area contributed by atoms with Gasteiger partial charge < -0.3 is 4.42 Å². The molecule has 5 rings (SSSR count). The van der Waals surface area contributed by atoms with Crippen LogP contribution in [-0.2, 0) is 11.2 Å². The van der Waals surface area contributed by atoms with Gasteiger partial charge in [0.2, 0.25) is 5.91 Å². The number of thiazole rings is 1. The van der Waals surface area contributed by atoms with E-state index < -0.39 is 11.6 Å². The van der Waals surface area contributed by atoms with E-state index in [1.165, 1.54) is 23.6 Å². The third-order valence-corrected chi connectivity index (χ3v) is 6.51. The van der Waals surface area contributed by atoms with Crippen molar-refractivity contribution in [2.24, 2.45) is 0 Å². The average molecular weight is 490 g/mol. The molecule has 0 bridgehead atoms. The highest BCUT2D eigenvalue weighted by atomic mass is 32.1. The maximum atomic E-state index is 14.1.